The zero-order valence-electron chi connectivity index (χ0n) is 8.33. The largest absolute Gasteiger partial charge is 0.464 e. The highest BCUT2D eigenvalue weighted by Gasteiger charge is 2.13. The van der Waals surface area contributed by atoms with Gasteiger partial charge in [0.2, 0.25) is 0 Å². The first kappa shape index (κ1) is 12.0. The number of aliphatic hydroxyl groups excluding tert-OH is 1. The summed E-state index contributed by atoms with van der Waals surface area (Å²) in [6.07, 6.45) is -0.956. The molecule has 74 valence electrons. The quantitative estimate of drug-likeness (QED) is 0.525. The monoisotopic (exact) mass is 184 g/mol. The summed E-state index contributed by atoms with van der Waals surface area (Å²) in [5.74, 6) is 5.24. The van der Waals surface area contributed by atoms with Gasteiger partial charge in [-0.05, 0) is 6.92 Å². The lowest BCUT2D eigenvalue weighted by molar-refractivity contribution is -0.152. The van der Waals surface area contributed by atoms with Crippen molar-refractivity contribution in [1.29, 1.82) is 0 Å². The second kappa shape index (κ2) is 6.50. The maximum Gasteiger partial charge on any atom is 0.335 e. The fraction of sp³-hybridized carbons (Fsp3) is 0.700. The first-order chi connectivity index (χ1) is 6.07. The summed E-state index contributed by atoms with van der Waals surface area (Å²) < 4.78 is 4.60. The Hall–Kier alpha value is -1.01. The lowest BCUT2D eigenvalue weighted by Crippen LogP contribution is -2.22. The Morgan fingerprint density at radius 2 is 2.15 bits per heavy atom. The van der Waals surface area contributed by atoms with Crippen molar-refractivity contribution in [3.05, 3.63) is 0 Å². The van der Waals surface area contributed by atoms with E-state index >= 15 is 0 Å². The van der Waals surface area contributed by atoms with Gasteiger partial charge in [0.15, 0.2) is 6.10 Å². The summed E-state index contributed by atoms with van der Waals surface area (Å²) in [5, 5.41) is 9.18. The maximum atomic E-state index is 10.9. The second-order valence-corrected chi connectivity index (χ2v) is 2.95. The number of ether oxygens (including phenoxy) is 1. The van der Waals surface area contributed by atoms with E-state index in [-0.39, 0.29) is 18.9 Å². The average Bonchev–Trinajstić information content (AvgIpc) is 2.04. The minimum absolute atomic E-state index is 0.150. The first-order valence-electron chi connectivity index (χ1n) is 4.41. The highest BCUT2D eigenvalue weighted by Crippen LogP contribution is 1.95. The third kappa shape index (κ3) is 6.18. The van der Waals surface area contributed by atoms with Gasteiger partial charge in [-0.3, -0.25) is 0 Å². The lowest BCUT2D eigenvalue weighted by atomic mass is 10.2. The Balaban J connectivity index is 3.82. The van der Waals surface area contributed by atoms with Crippen LogP contribution in [0.4, 0.5) is 0 Å². The second-order valence-electron chi connectivity index (χ2n) is 2.95. The smallest absolute Gasteiger partial charge is 0.335 e. The Labute approximate surface area is 79.1 Å². The summed E-state index contributed by atoms with van der Waals surface area (Å²) in [7, 11) is 0. The van der Waals surface area contributed by atoms with Crippen LogP contribution >= 0.6 is 0 Å². The summed E-state index contributed by atoms with van der Waals surface area (Å²) in [6, 6.07) is 0. The van der Waals surface area contributed by atoms with E-state index in [0.29, 0.717) is 0 Å². The number of esters is 1. The lowest BCUT2D eigenvalue weighted by Gasteiger charge is -2.05. The van der Waals surface area contributed by atoms with Crippen LogP contribution in [-0.4, -0.2) is 23.8 Å². The number of hydrogen-bond acceptors (Lipinski definition) is 3. The Morgan fingerprint density at radius 1 is 1.54 bits per heavy atom. The fourth-order valence-electron chi connectivity index (χ4n) is 0.682. The number of hydrogen-bond donors (Lipinski definition) is 1. The molecule has 0 aliphatic rings. The van der Waals surface area contributed by atoms with Gasteiger partial charge in [-0.2, -0.15) is 0 Å². The SMILES string of the molecule is CCOC(=O)[C@H](O)CC#CC(C)C. The third-order valence-corrected chi connectivity index (χ3v) is 1.24. The molecule has 1 atom stereocenters. The van der Waals surface area contributed by atoms with Gasteiger partial charge in [-0.15, -0.1) is 5.92 Å². The minimum atomic E-state index is -1.11. The molecule has 0 amide bonds. The first-order valence-corrected chi connectivity index (χ1v) is 4.41. The van der Waals surface area contributed by atoms with E-state index in [4.69, 9.17) is 0 Å². The zero-order chi connectivity index (χ0) is 10.3. The molecule has 0 aromatic heterocycles. The molecule has 0 bridgehead atoms. The molecule has 0 fully saturated rings. The van der Waals surface area contributed by atoms with Gasteiger partial charge in [-0.1, -0.05) is 19.8 Å². The van der Waals surface area contributed by atoms with Crippen molar-refractivity contribution < 1.29 is 14.6 Å². The molecule has 0 rings (SSSR count). The summed E-state index contributed by atoms with van der Waals surface area (Å²) in [4.78, 5) is 10.9. The van der Waals surface area contributed by atoms with Crippen molar-refractivity contribution in [1.82, 2.24) is 0 Å². The molecule has 0 aromatic rings. The van der Waals surface area contributed by atoms with E-state index in [2.05, 4.69) is 16.6 Å². The Morgan fingerprint density at radius 3 is 2.62 bits per heavy atom. The average molecular weight is 184 g/mol. The molecule has 0 saturated carbocycles. The molecule has 0 radical (unpaired) electrons. The molecule has 0 aliphatic carbocycles. The summed E-state index contributed by atoms with van der Waals surface area (Å²) in [5.41, 5.74) is 0. The molecule has 0 unspecified atom stereocenters. The molecule has 0 heterocycles. The van der Waals surface area contributed by atoms with E-state index < -0.39 is 12.1 Å². The highest BCUT2D eigenvalue weighted by molar-refractivity contribution is 5.74. The molecule has 0 aromatic carbocycles. The van der Waals surface area contributed by atoms with Crippen molar-refractivity contribution in [3.63, 3.8) is 0 Å². The molecule has 3 nitrogen and oxygen atoms in total. The summed E-state index contributed by atoms with van der Waals surface area (Å²) >= 11 is 0. The molecule has 1 N–H and O–H groups in total. The number of carbonyl (C=O) groups is 1. The van der Waals surface area contributed by atoms with Crippen LogP contribution in [0, 0.1) is 17.8 Å². The van der Waals surface area contributed by atoms with Crippen LogP contribution in [0.15, 0.2) is 0 Å². The van der Waals surface area contributed by atoms with E-state index in [1.807, 2.05) is 13.8 Å². The van der Waals surface area contributed by atoms with Gasteiger partial charge in [0.25, 0.3) is 0 Å². The summed E-state index contributed by atoms with van der Waals surface area (Å²) in [6.45, 7) is 5.88. The third-order valence-electron chi connectivity index (χ3n) is 1.24. The van der Waals surface area contributed by atoms with E-state index in [1.165, 1.54) is 0 Å². The van der Waals surface area contributed by atoms with Crippen LogP contribution < -0.4 is 0 Å². The van der Waals surface area contributed by atoms with Crippen LogP contribution in [-0.2, 0) is 9.53 Å². The van der Waals surface area contributed by atoms with Gasteiger partial charge in [0.05, 0.1) is 6.61 Å². The molecule has 0 aliphatic heterocycles. The maximum absolute atomic E-state index is 10.9. The molecule has 0 saturated heterocycles. The standard InChI is InChI=1S/C10H16O3/c1-4-13-10(12)9(11)7-5-6-8(2)3/h8-9,11H,4,7H2,1-3H3/t9-/m1/s1. The van der Waals surface area contributed by atoms with Crippen molar-refractivity contribution >= 4 is 5.97 Å². The molecule has 13 heavy (non-hydrogen) atoms. The van der Waals surface area contributed by atoms with E-state index in [1.54, 1.807) is 6.92 Å². The van der Waals surface area contributed by atoms with Crippen LogP contribution in [0.5, 0.6) is 0 Å². The minimum Gasteiger partial charge on any atom is -0.464 e. The van der Waals surface area contributed by atoms with Crippen molar-refractivity contribution in [3.8, 4) is 11.8 Å². The zero-order valence-corrected chi connectivity index (χ0v) is 8.33. The predicted molar refractivity (Wildman–Crippen MR) is 49.9 cm³/mol. The van der Waals surface area contributed by atoms with Crippen LogP contribution in [0.3, 0.4) is 0 Å². The van der Waals surface area contributed by atoms with Crippen molar-refractivity contribution in [2.75, 3.05) is 6.61 Å². The van der Waals surface area contributed by atoms with Crippen molar-refractivity contribution in [2.24, 2.45) is 5.92 Å². The van der Waals surface area contributed by atoms with Crippen LogP contribution in [0.25, 0.3) is 0 Å². The Kier molecular flexibility index (Phi) is 5.99. The Bertz CT molecular complexity index is 210. The van der Waals surface area contributed by atoms with E-state index in [9.17, 15) is 9.90 Å². The van der Waals surface area contributed by atoms with Gasteiger partial charge in [-0.25, -0.2) is 4.79 Å². The number of aliphatic hydroxyl groups is 1. The van der Waals surface area contributed by atoms with E-state index in [0.717, 1.165) is 0 Å². The number of carbonyl (C=O) groups excluding carboxylic acids is 1. The van der Waals surface area contributed by atoms with Gasteiger partial charge >= 0.3 is 5.97 Å². The fourth-order valence-corrected chi connectivity index (χ4v) is 0.682. The predicted octanol–water partition coefficient (Wildman–Crippen LogP) is 0.960. The van der Waals surface area contributed by atoms with Crippen LogP contribution in [0.2, 0.25) is 0 Å². The van der Waals surface area contributed by atoms with Gasteiger partial charge in [0.1, 0.15) is 0 Å². The normalized spacial score (nSPS) is 11.8. The topological polar surface area (TPSA) is 46.5 Å². The highest BCUT2D eigenvalue weighted by atomic mass is 16.5. The molecule has 0 spiro atoms. The van der Waals surface area contributed by atoms with Gasteiger partial charge < -0.3 is 9.84 Å². The molecular weight excluding hydrogens is 168 g/mol. The molecule has 3 heteroatoms. The molecular formula is C10H16O3. The number of rotatable bonds is 3. The van der Waals surface area contributed by atoms with Crippen molar-refractivity contribution in [2.45, 2.75) is 33.3 Å². The van der Waals surface area contributed by atoms with Crippen LogP contribution in [0.1, 0.15) is 27.2 Å². The van der Waals surface area contributed by atoms with Gasteiger partial charge in [0, 0.05) is 12.3 Å².